The van der Waals surface area contributed by atoms with Crippen molar-refractivity contribution >= 4 is 21.8 Å². The van der Waals surface area contributed by atoms with Crippen LogP contribution in [0.5, 0.6) is 0 Å². The van der Waals surface area contributed by atoms with Crippen molar-refractivity contribution in [2.75, 3.05) is 26.2 Å². The highest BCUT2D eigenvalue weighted by molar-refractivity contribution is 7.90. The molecule has 3 heterocycles. The summed E-state index contributed by atoms with van der Waals surface area (Å²) in [5, 5.41) is 26.0. The van der Waals surface area contributed by atoms with Crippen molar-refractivity contribution < 1.29 is 23.1 Å². The summed E-state index contributed by atoms with van der Waals surface area (Å²) in [5.41, 5.74) is 8.17. The number of sulfonamides is 1. The SMILES string of the molecule is Cn1nc(C(=O)NCc2ccc(C#N)cc2)c2c1C(=O)N(CC1(S(=O)(=O)N3C[C@H](N)[C@@H](O)C3)CC1)CC2. The number of hydrogen-bond donors (Lipinski definition) is 3. The van der Waals surface area contributed by atoms with Crippen molar-refractivity contribution in [3.63, 3.8) is 0 Å². The highest BCUT2D eigenvalue weighted by Gasteiger charge is 2.59. The van der Waals surface area contributed by atoms with Crippen LogP contribution in [0.25, 0.3) is 0 Å². The van der Waals surface area contributed by atoms with Crippen molar-refractivity contribution in [1.82, 2.24) is 24.3 Å². The van der Waals surface area contributed by atoms with E-state index in [0.717, 1.165) is 5.56 Å². The van der Waals surface area contributed by atoms with E-state index in [2.05, 4.69) is 10.4 Å². The van der Waals surface area contributed by atoms with E-state index < -0.39 is 32.8 Å². The Bertz CT molecular complexity index is 1380. The van der Waals surface area contributed by atoms with Crippen LogP contribution >= 0.6 is 0 Å². The molecule has 12 nitrogen and oxygen atoms in total. The van der Waals surface area contributed by atoms with Crippen LogP contribution < -0.4 is 11.1 Å². The number of hydrogen-bond acceptors (Lipinski definition) is 8. The smallest absolute Gasteiger partial charge is 0.272 e. The number of aliphatic hydroxyl groups excluding tert-OH is 1. The maximum Gasteiger partial charge on any atom is 0.272 e. The molecule has 0 bridgehead atoms. The Hall–Kier alpha value is -3.31. The lowest BCUT2D eigenvalue weighted by Gasteiger charge is -2.32. The van der Waals surface area contributed by atoms with Gasteiger partial charge >= 0.3 is 0 Å². The minimum atomic E-state index is -3.75. The molecule has 2 amide bonds. The number of carbonyl (C=O) groups excluding carboxylic acids is 2. The van der Waals surface area contributed by atoms with Gasteiger partial charge in [-0.15, -0.1) is 0 Å². The first-order chi connectivity index (χ1) is 17.6. The molecule has 0 unspecified atom stereocenters. The lowest BCUT2D eigenvalue weighted by atomic mass is 10.0. The normalized spacial score (nSPS) is 23.0. The number of aromatic nitrogens is 2. The topological polar surface area (TPSA) is 175 Å². The number of nitrogens with zero attached hydrogens (tertiary/aromatic N) is 5. The van der Waals surface area contributed by atoms with Crippen LogP contribution in [-0.4, -0.2) is 87.4 Å². The molecule has 5 rings (SSSR count). The molecule has 0 spiro atoms. The van der Waals surface area contributed by atoms with Gasteiger partial charge in [-0.05, 0) is 37.0 Å². The van der Waals surface area contributed by atoms with E-state index in [0.29, 0.717) is 30.4 Å². The van der Waals surface area contributed by atoms with Crippen LogP contribution in [0.15, 0.2) is 24.3 Å². The summed E-state index contributed by atoms with van der Waals surface area (Å²) in [6, 6.07) is 8.28. The third-order valence-electron chi connectivity index (χ3n) is 7.49. The molecule has 0 radical (unpaired) electrons. The van der Waals surface area contributed by atoms with Gasteiger partial charge < -0.3 is 21.1 Å². The predicted molar refractivity (Wildman–Crippen MR) is 132 cm³/mol. The number of rotatable bonds is 7. The monoisotopic (exact) mass is 527 g/mol. The third kappa shape index (κ3) is 4.40. The molecule has 1 aromatic carbocycles. The van der Waals surface area contributed by atoms with E-state index in [1.807, 2.05) is 6.07 Å². The molecule has 196 valence electrons. The highest BCUT2D eigenvalue weighted by Crippen LogP contribution is 2.47. The second-order valence-corrected chi connectivity index (χ2v) is 12.3. The maximum absolute atomic E-state index is 13.4. The van der Waals surface area contributed by atoms with Crippen molar-refractivity contribution in [3.05, 3.63) is 52.3 Å². The molecule has 4 N–H and O–H groups in total. The Labute approximate surface area is 214 Å². The van der Waals surface area contributed by atoms with Crippen LogP contribution in [0.4, 0.5) is 0 Å². The zero-order valence-electron chi connectivity index (χ0n) is 20.4. The molecule has 2 atom stereocenters. The van der Waals surface area contributed by atoms with Gasteiger partial charge in [-0.3, -0.25) is 14.3 Å². The first-order valence-electron chi connectivity index (χ1n) is 12.1. The van der Waals surface area contributed by atoms with E-state index >= 15 is 0 Å². The number of nitriles is 1. The minimum Gasteiger partial charge on any atom is -0.390 e. The first-order valence-corrected chi connectivity index (χ1v) is 13.6. The summed E-state index contributed by atoms with van der Waals surface area (Å²) in [6.45, 7) is 0.580. The lowest BCUT2D eigenvalue weighted by molar-refractivity contribution is 0.0723. The number of benzene rings is 1. The number of nitrogens with two attached hydrogens (primary N) is 1. The van der Waals surface area contributed by atoms with Crippen LogP contribution in [0.3, 0.4) is 0 Å². The zero-order valence-corrected chi connectivity index (χ0v) is 21.2. The minimum absolute atomic E-state index is 0.0357. The van der Waals surface area contributed by atoms with Gasteiger partial charge in [-0.1, -0.05) is 12.1 Å². The van der Waals surface area contributed by atoms with Crippen LogP contribution in [-0.2, 0) is 30.0 Å². The quantitative estimate of drug-likeness (QED) is 0.415. The van der Waals surface area contributed by atoms with Crippen molar-refractivity contribution in [2.24, 2.45) is 12.8 Å². The Morgan fingerprint density at radius 2 is 2.00 bits per heavy atom. The standard InChI is InChI=1S/C24H29N7O5S/c1-29-21-17(20(28-29)22(33)27-11-16-4-2-15(10-25)3-5-16)6-9-30(23(21)34)14-24(7-8-24)37(35,36)31-12-18(26)19(32)13-31/h2-5,18-19,32H,6-9,11-14,26H2,1H3,(H,27,33)/t18-,19-/m0/s1. The number of amides is 2. The van der Waals surface area contributed by atoms with Gasteiger partial charge in [0.1, 0.15) is 10.4 Å². The lowest BCUT2D eigenvalue weighted by Crippen LogP contribution is -2.50. The molecular formula is C24H29N7O5S. The Morgan fingerprint density at radius 1 is 1.30 bits per heavy atom. The number of nitrogens with one attached hydrogen (secondary N) is 1. The Morgan fingerprint density at radius 3 is 2.59 bits per heavy atom. The highest BCUT2D eigenvalue weighted by atomic mass is 32.2. The molecule has 13 heteroatoms. The summed E-state index contributed by atoms with van der Waals surface area (Å²) in [7, 11) is -2.16. The molecule has 37 heavy (non-hydrogen) atoms. The fraction of sp³-hybridized carbons (Fsp3) is 0.500. The summed E-state index contributed by atoms with van der Waals surface area (Å²) in [6.07, 6.45) is 0.336. The predicted octanol–water partition coefficient (Wildman–Crippen LogP) is -0.914. The summed E-state index contributed by atoms with van der Waals surface area (Å²) in [4.78, 5) is 27.8. The van der Waals surface area contributed by atoms with E-state index in [1.54, 1.807) is 31.3 Å². The average Bonchev–Trinajstić information content (AvgIpc) is 3.49. The maximum atomic E-state index is 13.4. The number of β-amino-alcohol motifs (C(OH)–C–C–N with tert-alkyl or cyclic N) is 1. The number of aliphatic hydroxyl groups is 1. The second-order valence-electron chi connectivity index (χ2n) is 10.0. The molecule has 3 aliphatic rings. The number of fused-ring (bicyclic) bond motifs is 1. The zero-order chi connectivity index (χ0) is 26.5. The average molecular weight is 528 g/mol. The summed E-state index contributed by atoms with van der Waals surface area (Å²) >= 11 is 0. The van der Waals surface area contributed by atoms with E-state index in [1.165, 1.54) is 13.9 Å². The molecule has 1 saturated heterocycles. The molecule has 1 aromatic heterocycles. The third-order valence-corrected chi connectivity index (χ3v) is 10.1. The molecule has 1 aliphatic carbocycles. The van der Waals surface area contributed by atoms with Crippen LogP contribution in [0.1, 0.15) is 50.5 Å². The summed E-state index contributed by atoms with van der Waals surface area (Å²) < 4.78 is 28.3. The molecule has 2 fully saturated rings. The van der Waals surface area contributed by atoms with E-state index in [-0.39, 0.29) is 50.0 Å². The van der Waals surface area contributed by atoms with Gasteiger partial charge in [0.2, 0.25) is 10.0 Å². The van der Waals surface area contributed by atoms with E-state index in [4.69, 9.17) is 11.0 Å². The van der Waals surface area contributed by atoms with Gasteiger partial charge in [0.15, 0.2) is 5.69 Å². The Balaban J connectivity index is 1.29. The van der Waals surface area contributed by atoms with Crippen molar-refractivity contribution in [2.45, 2.75) is 42.7 Å². The second kappa shape index (κ2) is 9.21. The molecule has 1 saturated carbocycles. The molecule has 2 aliphatic heterocycles. The summed E-state index contributed by atoms with van der Waals surface area (Å²) in [5.74, 6) is -0.769. The van der Waals surface area contributed by atoms with Gasteiger partial charge in [-0.25, -0.2) is 8.42 Å². The largest absolute Gasteiger partial charge is 0.390 e. The Kier molecular flexibility index (Phi) is 6.31. The van der Waals surface area contributed by atoms with E-state index in [9.17, 15) is 23.1 Å². The van der Waals surface area contributed by atoms with Crippen LogP contribution in [0.2, 0.25) is 0 Å². The molecule has 2 aromatic rings. The number of carbonyl (C=O) groups is 2. The van der Waals surface area contributed by atoms with Gasteiger partial charge in [-0.2, -0.15) is 14.7 Å². The van der Waals surface area contributed by atoms with Crippen molar-refractivity contribution in [3.8, 4) is 6.07 Å². The van der Waals surface area contributed by atoms with Crippen LogP contribution in [0, 0.1) is 11.3 Å². The fourth-order valence-electron chi connectivity index (χ4n) is 5.10. The van der Waals surface area contributed by atoms with Gasteiger partial charge in [0.05, 0.1) is 17.7 Å². The van der Waals surface area contributed by atoms with Gasteiger partial charge in [0.25, 0.3) is 11.8 Å². The van der Waals surface area contributed by atoms with Crippen molar-refractivity contribution in [1.29, 1.82) is 5.26 Å². The molecular weight excluding hydrogens is 498 g/mol. The first kappa shape index (κ1) is 25.3. The fourth-order valence-corrected chi connectivity index (χ4v) is 7.30. The number of aryl methyl sites for hydroxylation is 1. The van der Waals surface area contributed by atoms with Gasteiger partial charge in [0, 0.05) is 51.4 Å².